The van der Waals surface area contributed by atoms with E-state index in [1.54, 1.807) is 29.7 Å². The van der Waals surface area contributed by atoms with Crippen LogP contribution in [0, 0.1) is 0 Å². The van der Waals surface area contributed by atoms with E-state index in [-0.39, 0.29) is 17.7 Å². The van der Waals surface area contributed by atoms with E-state index in [0.29, 0.717) is 37.1 Å². The van der Waals surface area contributed by atoms with Crippen molar-refractivity contribution < 1.29 is 13.9 Å². The van der Waals surface area contributed by atoms with Crippen molar-refractivity contribution in [3.8, 4) is 11.3 Å². The van der Waals surface area contributed by atoms with Crippen LogP contribution in [0.2, 0.25) is 5.02 Å². The molecule has 3 heterocycles. The van der Waals surface area contributed by atoms with Gasteiger partial charge in [0.25, 0.3) is 5.56 Å². The molecule has 6 nitrogen and oxygen atoms in total. The Bertz CT molecular complexity index is 1970. The van der Waals surface area contributed by atoms with Crippen molar-refractivity contribution in [2.45, 2.75) is 13.0 Å². The first kappa shape index (κ1) is 27.2. The highest BCUT2D eigenvalue weighted by molar-refractivity contribution is 9.10. The SMILES string of the molecule is CCOC(=O)C1=C(c2ccccc2)N=c2s/c(=C\c3ccc(-c4cccc(Br)c4)o3)c(=O)n2[C@@H]1c1ccc(Cl)cc1. The molecular weight excluding hydrogens is 624 g/mol. The molecule has 0 fully saturated rings. The van der Waals surface area contributed by atoms with Crippen LogP contribution in [0.15, 0.2) is 115 Å². The topological polar surface area (TPSA) is 73.8 Å². The summed E-state index contributed by atoms with van der Waals surface area (Å²) >= 11 is 10.9. The summed E-state index contributed by atoms with van der Waals surface area (Å²) in [5.41, 5.74) is 2.83. The zero-order chi connectivity index (χ0) is 28.5. The summed E-state index contributed by atoms with van der Waals surface area (Å²) in [5.74, 6) is 0.676. The van der Waals surface area contributed by atoms with Crippen LogP contribution in [-0.4, -0.2) is 17.1 Å². The Morgan fingerprint density at radius 2 is 1.80 bits per heavy atom. The third kappa shape index (κ3) is 5.38. The zero-order valence-electron chi connectivity index (χ0n) is 21.7. The first-order valence-electron chi connectivity index (χ1n) is 12.8. The molecule has 6 rings (SSSR count). The maximum absolute atomic E-state index is 14.0. The second kappa shape index (κ2) is 11.5. The van der Waals surface area contributed by atoms with E-state index in [1.165, 1.54) is 11.3 Å². The number of hydrogen-bond donors (Lipinski definition) is 0. The standard InChI is InChI=1S/C32H22BrClN2O4S/c1-2-39-31(38)27-28(19-7-4-3-5-8-19)35-32-36(29(27)20-11-13-23(34)14-12-20)30(37)26(41-32)18-24-15-16-25(40-24)21-9-6-10-22(33)17-21/h3-18,29H,2H2,1H3/b26-18-/t29-/m1/s1. The van der Waals surface area contributed by atoms with Crippen molar-refractivity contribution in [1.82, 2.24) is 4.57 Å². The van der Waals surface area contributed by atoms with Gasteiger partial charge in [-0.25, -0.2) is 9.79 Å². The molecule has 204 valence electrons. The third-order valence-corrected chi connectivity index (χ3v) is 8.30. The van der Waals surface area contributed by atoms with Crippen LogP contribution in [0.5, 0.6) is 0 Å². The van der Waals surface area contributed by atoms with Gasteiger partial charge in [0.2, 0.25) is 0 Å². The number of aromatic nitrogens is 1. The Morgan fingerprint density at radius 1 is 1.05 bits per heavy atom. The number of carbonyl (C=O) groups excluding carboxylic acids is 1. The van der Waals surface area contributed by atoms with E-state index in [4.69, 9.17) is 25.7 Å². The fourth-order valence-corrected chi connectivity index (χ4v) is 6.26. The second-order valence-corrected chi connectivity index (χ2v) is 11.6. The van der Waals surface area contributed by atoms with Crippen LogP contribution >= 0.6 is 38.9 Å². The second-order valence-electron chi connectivity index (χ2n) is 9.20. The summed E-state index contributed by atoms with van der Waals surface area (Å²) < 4.78 is 14.5. The van der Waals surface area contributed by atoms with Gasteiger partial charge in [-0.2, -0.15) is 0 Å². The third-order valence-electron chi connectivity index (χ3n) is 6.57. The minimum atomic E-state index is -0.770. The smallest absolute Gasteiger partial charge is 0.338 e. The van der Waals surface area contributed by atoms with E-state index < -0.39 is 12.0 Å². The van der Waals surface area contributed by atoms with Gasteiger partial charge in [-0.1, -0.05) is 93.5 Å². The fourth-order valence-electron chi connectivity index (χ4n) is 4.76. The van der Waals surface area contributed by atoms with Gasteiger partial charge in [0.05, 0.1) is 28.5 Å². The Kier molecular flexibility index (Phi) is 7.62. The Hall–Kier alpha value is -3.98. The summed E-state index contributed by atoms with van der Waals surface area (Å²) in [7, 11) is 0. The highest BCUT2D eigenvalue weighted by atomic mass is 79.9. The number of nitrogens with zero attached hydrogens (tertiary/aromatic N) is 2. The molecule has 0 amide bonds. The first-order valence-corrected chi connectivity index (χ1v) is 14.8. The maximum Gasteiger partial charge on any atom is 0.338 e. The Balaban J connectivity index is 1.56. The number of benzene rings is 3. The van der Waals surface area contributed by atoms with Crippen LogP contribution in [-0.2, 0) is 9.53 Å². The van der Waals surface area contributed by atoms with Crippen LogP contribution in [0.4, 0.5) is 0 Å². The summed E-state index contributed by atoms with van der Waals surface area (Å²) in [4.78, 5) is 32.8. The molecular formula is C32H22BrClN2O4S. The number of rotatable bonds is 6. The highest BCUT2D eigenvalue weighted by Gasteiger charge is 2.35. The van der Waals surface area contributed by atoms with Crippen molar-refractivity contribution in [3.63, 3.8) is 0 Å². The molecule has 0 spiro atoms. The number of esters is 1. The van der Waals surface area contributed by atoms with Crippen LogP contribution in [0.1, 0.15) is 29.9 Å². The molecule has 9 heteroatoms. The Labute approximate surface area is 252 Å². The van der Waals surface area contributed by atoms with E-state index in [0.717, 1.165) is 15.6 Å². The minimum absolute atomic E-state index is 0.182. The molecule has 5 aromatic rings. The fraction of sp³-hybridized carbons (Fsp3) is 0.0938. The lowest BCUT2D eigenvalue weighted by Crippen LogP contribution is -2.39. The Morgan fingerprint density at radius 3 is 2.54 bits per heavy atom. The van der Waals surface area contributed by atoms with Crippen LogP contribution < -0.4 is 14.9 Å². The number of carbonyl (C=O) groups is 1. The van der Waals surface area contributed by atoms with E-state index in [2.05, 4.69) is 15.9 Å². The molecule has 0 bridgehead atoms. The summed E-state index contributed by atoms with van der Waals surface area (Å²) in [6, 6.07) is 27.3. The normalized spacial score (nSPS) is 15.0. The average molecular weight is 646 g/mol. The first-order chi connectivity index (χ1) is 19.9. The van der Waals surface area contributed by atoms with Gasteiger partial charge in [-0.3, -0.25) is 9.36 Å². The number of hydrogen-bond acceptors (Lipinski definition) is 6. The van der Waals surface area contributed by atoms with Gasteiger partial charge in [-0.05, 0) is 48.9 Å². The number of ether oxygens (including phenoxy) is 1. The molecule has 1 atom stereocenters. The molecule has 0 saturated heterocycles. The van der Waals surface area contributed by atoms with Crippen LogP contribution in [0.3, 0.4) is 0 Å². The van der Waals surface area contributed by atoms with Gasteiger partial charge in [-0.15, -0.1) is 0 Å². The predicted molar refractivity (Wildman–Crippen MR) is 164 cm³/mol. The molecule has 0 radical (unpaired) electrons. The lowest BCUT2D eigenvalue weighted by molar-refractivity contribution is -0.138. The van der Waals surface area contributed by atoms with E-state index in [9.17, 15) is 9.59 Å². The molecule has 2 aromatic heterocycles. The number of thiazole rings is 1. The monoisotopic (exact) mass is 644 g/mol. The van der Waals surface area contributed by atoms with Gasteiger partial charge < -0.3 is 9.15 Å². The van der Waals surface area contributed by atoms with Crippen molar-refractivity contribution in [3.05, 3.63) is 143 Å². The molecule has 0 unspecified atom stereocenters. The highest BCUT2D eigenvalue weighted by Crippen LogP contribution is 2.35. The van der Waals surface area contributed by atoms with Gasteiger partial charge in [0.1, 0.15) is 11.5 Å². The number of furan rings is 1. The molecule has 1 aliphatic heterocycles. The van der Waals surface area contributed by atoms with Crippen LogP contribution in [0.25, 0.3) is 23.1 Å². The molecule has 0 N–H and O–H groups in total. The molecule has 0 aliphatic carbocycles. The molecule has 3 aromatic carbocycles. The van der Waals surface area contributed by atoms with Gasteiger partial charge >= 0.3 is 5.97 Å². The van der Waals surface area contributed by atoms with E-state index in [1.807, 2.05) is 78.9 Å². The van der Waals surface area contributed by atoms with Crippen molar-refractivity contribution >= 4 is 56.6 Å². The predicted octanol–water partition coefficient (Wildman–Crippen LogP) is 6.61. The quantitative estimate of drug-likeness (QED) is 0.195. The largest absolute Gasteiger partial charge is 0.463 e. The van der Waals surface area contributed by atoms with Crippen molar-refractivity contribution in [1.29, 1.82) is 0 Å². The van der Waals surface area contributed by atoms with Gasteiger partial charge in [0.15, 0.2) is 4.80 Å². The van der Waals surface area contributed by atoms with Gasteiger partial charge in [0, 0.05) is 26.7 Å². The zero-order valence-corrected chi connectivity index (χ0v) is 24.9. The summed E-state index contributed by atoms with van der Waals surface area (Å²) in [5, 5.41) is 0.546. The van der Waals surface area contributed by atoms with E-state index >= 15 is 0 Å². The summed E-state index contributed by atoms with van der Waals surface area (Å²) in [6.45, 7) is 1.93. The average Bonchev–Trinajstić information content (AvgIpc) is 3.57. The molecule has 41 heavy (non-hydrogen) atoms. The van der Waals surface area contributed by atoms with Crippen molar-refractivity contribution in [2.75, 3.05) is 6.61 Å². The molecule has 0 saturated carbocycles. The van der Waals surface area contributed by atoms with Crippen molar-refractivity contribution in [2.24, 2.45) is 4.99 Å². The molecule has 1 aliphatic rings. The number of halogens is 2. The summed E-state index contributed by atoms with van der Waals surface area (Å²) in [6.07, 6.45) is 1.71. The lowest BCUT2D eigenvalue weighted by Gasteiger charge is -2.25. The minimum Gasteiger partial charge on any atom is -0.463 e. The maximum atomic E-state index is 14.0. The lowest BCUT2D eigenvalue weighted by atomic mass is 9.93. The number of fused-ring (bicyclic) bond motifs is 1.